The van der Waals surface area contributed by atoms with Crippen molar-refractivity contribution in [1.29, 1.82) is 0 Å². The molecule has 0 heterocycles. The van der Waals surface area contributed by atoms with Crippen LogP contribution in [0.5, 0.6) is 11.5 Å². The van der Waals surface area contributed by atoms with Gasteiger partial charge in [-0.2, -0.15) is 0 Å². The van der Waals surface area contributed by atoms with E-state index in [1.54, 1.807) is 0 Å². The molecule has 0 aromatic heterocycles. The summed E-state index contributed by atoms with van der Waals surface area (Å²) in [6, 6.07) is 8.45. The van der Waals surface area contributed by atoms with Crippen LogP contribution in [0.3, 0.4) is 0 Å². The third kappa shape index (κ3) is 5.92. The maximum Gasteiger partial charge on any atom is 0.335 e. The lowest BCUT2D eigenvalue weighted by Gasteiger charge is -2.29. The maximum atomic E-state index is 12.2. The van der Waals surface area contributed by atoms with E-state index in [2.05, 4.69) is 101 Å². The zero-order valence-electron chi connectivity index (χ0n) is 23.1. The number of ether oxygens (including phenoxy) is 1. The first-order chi connectivity index (χ1) is 15.5. The number of aromatic hydroxyl groups is 1. The van der Waals surface area contributed by atoms with E-state index in [1.165, 1.54) is 17.2 Å². The molecule has 0 radical (unpaired) electrons. The first-order valence-electron chi connectivity index (χ1n) is 12.4. The molecular formula is C31H44O3. The number of hydrogen-bond donors (Lipinski definition) is 1. The summed E-state index contributed by atoms with van der Waals surface area (Å²) >= 11 is 0. The predicted molar refractivity (Wildman–Crippen MR) is 143 cm³/mol. The smallest absolute Gasteiger partial charge is 0.335 e. The Morgan fingerprint density at radius 3 is 1.82 bits per heavy atom. The number of hydrogen-bond acceptors (Lipinski definition) is 3. The van der Waals surface area contributed by atoms with Crippen molar-refractivity contribution >= 4 is 5.97 Å². The van der Waals surface area contributed by atoms with Crippen LogP contribution >= 0.6 is 0 Å². The number of phenolic OH excluding ortho intramolecular Hbond substituents is 1. The SMILES string of the molecule is C=CC(=O)Oc1cc(C(C)c2cc(C(C)C)cc(C(C)(C)C)c2O)c(C(C)C)cc1C(C)(C)C. The zero-order chi connectivity index (χ0) is 26.2. The van der Waals surface area contributed by atoms with Gasteiger partial charge in [-0.15, -0.1) is 0 Å². The second-order valence-corrected chi connectivity index (χ2v) is 12.1. The van der Waals surface area contributed by atoms with Crippen molar-refractivity contribution in [2.45, 2.75) is 105 Å². The number of rotatable bonds is 6. The highest BCUT2D eigenvalue weighted by atomic mass is 16.5. The van der Waals surface area contributed by atoms with E-state index in [0.29, 0.717) is 17.4 Å². The van der Waals surface area contributed by atoms with E-state index in [4.69, 9.17) is 4.74 Å². The fourth-order valence-corrected chi connectivity index (χ4v) is 4.39. The van der Waals surface area contributed by atoms with Gasteiger partial charge >= 0.3 is 5.97 Å². The minimum atomic E-state index is -0.471. The quantitative estimate of drug-likeness (QED) is 0.265. The van der Waals surface area contributed by atoms with Crippen molar-refractivity contribution in [2.75, 3.05) is 0 Å². The lowest BCUT2D eigenvalue weighted by molar-refractivity contribution is -0.129. The van der Waals surface area contributed by atoms with Gasteiger partial charge in [0.1, 0.15) is 11.5 Å². The van der Waals surface area contributed by atoms with Gasteiger partial charge in [0.2, 0.25) is 0 Å². The van der Waals surface area contributed by atoms with E-state index < -0.39 is 5.97 Å². The van der Waals surface area contributed by atoms with Crippen LogP contribution < -0.4 is 4.74 Å². The highest BCUT2D eigenvalue weighted by molar-refractivity contribution is 5.83. The Labute approximate surface area is 207 Å². The lowest BCUT2D eigenvalue weighted by Crippen LogP contribution is -2.18. The summed E-state index contributed by atoms with van der Waals surface area (Å²) in [5.74, 6) is 0.945. The molecule has 0 fully saturated rings. The molecule has 1 N–H and O–H groups in total. The number of esters is 1. The third-order valence-corrected chi connectivity index (χ3v) is 6.56. The van der Waals surface area contributed by atoms with Gasteiger partial charge in [0, 0.05) is 23.1 Å². The summed E-state index contributed by atoms with van der Waals surface area (Å²) in [6.07, 6.45) is 1.19. The summed E-state index contributed by atoms with van der Waals surface area (Å²) in [5, 5.41) is 11.4. The van der Waals surface area contributed by atoms with Gasteiger partial charge in [0.05, 0.1) is 0 Å². The third-order valence-electron chi connectivity index (χ3n) is 6.56. The zero-order valence-corrected chi connectivity index (χ0v) is 23.1. The highest BCUT2D eigenvalue weighted by Gasteiger charge is 2.29. The molecule has 34 heavy (non-hydrogen) atoms. The molecule has 0 saturated heterocycles. The monoisotopic (exact) mass is 464 g/mol. The normalized spacial score (nSPS) is 13.3. The topological polar surface area (TPSA) is 46.5 Å². The van der Waals surface area contributed by atoms with Gasteiger partial charge in [0.15, 0.2) is 0 Å². The summed E-state index contributed by atoms with van der Waals surface area (Å²) < 4.78 is 5.73. The molecule has 1 atom stereocenters. The van der Waals surface area contributed by atoms with Crippen molar-refractivity contribution in [2.24, 2.45) is 0 Å². The first-order valence-corrected chi connectivity index (χ1v) is 12.4. The molecule has 0 aliphatic rings. The number of carbonyl (C=O) groups is 1. The molecule has 0 aliphatic carbocycles. The molecule has 0 saturated carbocycles. The van der Waals surface area contributed by atoms with Crippen molar-refractivity contribution < 1.29 is 14.6 Å². The molecule has 0 aliphatic heterocycles. The highest BCUT2D eigenvalue weighted by Crippen LogP contribution is 2.45. The Morgan fingerprint density at radius 1 is 0.824 bits per heavy atom. The number of benzene rings is 2. The molecule has 0 amide bonds. The maximum absolute atomic E-state index is 12.2. The summed E-state index contributed by atoms with van der Waals surface area (Å²) in [4.78, 5) is 12.2. The fraction of sp³-hybridized carbons (Fsp3) is 0.516. The molecule has 2 aromatic rings. The Bertz CT molecular complexity index is 1060. The van der Waals surface area contributed by atoms with Crippen LogP contribution in [-0.2, 0) is 15.6 Å². The van der Waals surface area contributed by atoms with Crippen molar-refractivity contribution in [1.82, 2.24) is 0 Å². The Hall–Kier alpha value is -2.55. The van der Waals surface area contributed by atoms with E-state index >= 15 is 0 Å². The van der Waals surface area contributed by atoms with Crippen LogP contribution in [-0.4, -0.2) is 11.1 Å². The van der Waals surface area contributed by atoms with E-state index in [1.807, 2.05) is 6.07 Å². The van der Waals surface area contributed by atoms with Crippen LogP contribution in [0, 0.1) is 0 Å². The number of carbonyl (C=O) groups excluding carboxylic acids is 1. The van der Waals surface area contributed by atoms with E-state index in [9.17, 15) is 9.90 Å². The Balaban J connectivity index is 2.87. The summed E-state index contributed by atoms with van der Waals surface area (Å²) in [7, 11) is 0. The van der Waals surface area contributed by atoms with Crippen LogP contribution in [0.25, 0.3) is 0 Å². The van der Waals surface area contributed by atoms with Crippen LogP contribution in [0.4, 0.5) is 0 Å². The molecule has 0 spiro atoms. The summed E-state index contributed by atoms with van der Waals surface area (Å²) in [5.41, 5.74) is 5.91. The average molecular weight is 465 g/mol. The minimum Gasteiger partial charge on any atom is -0.507 e. The van der Waals surface area contributed by atoms with Crippen LogP contribution in [0.15, 0.2) is 36.9 Å². The molecule has 3 nitrogen and oxygen atoms in total. The second-order valence-electron chi connectivity index (χ2n) is 12.1. The van der Waals surface area contributed by atoms with Crippen molar-refractivity contribution in [3.8, 4) is 11.5 Å². The second kappa shape index (κ2) is 9.98. The predicted octanol–water partition coefficient (Wildman–Crippen LogP) is 8.48. The Morgan fingerprint density at radius 2 is 1.38 bits per heavy atom. The first kappa shape index (κ1) is 27.7. The standard InChI is InChI=1S/C31H44O3/c1-13-28(32)34-27-17-23(22(19(4)5)16-25(27)30(7,8)9)20(6)24-14-21(18(2)3)15-26(29(24)33)31(10,11)12/h13-20,33H,1H2,2-12H3. The van der Waals surface area contributed by atoms with Crippen LogP contribution in [0.1, 0.15) is 127 Å². The van der Waals surface area contributed by atoms with Gasteiger partial charge < -0.3 is 9.84 Å². The molecule has 186 valence electrons. The van der Waals surface area contributed by atoms with E-state index in [-0.39, 0.29) is 22.7 Å². The van der Waals surface area contributed by atoms with Gasteiger partial charge in [-0.1, -0.05) is 101 Å². The summed E-state index contributed by atoms with van der Waals surface area (Å²) in [6.45, 7) is 27.2. The molecule has 1 unspecified atom stereocenters. The van der Waals surface area contributed by atoms with E-state index in [0.717, 1.165) is 22.3 Å². The van der Waals surface area contributed by atoms with Gasteiger partial charge in [-0.3, -0.25) is 0 Å². The molecule has 2 aromatic carbocycles. The van der Waals surface area contributed by atoms with Crippen molar-refractivity contribution in [3.63, 3.8) is 0 Å². The molecule has 3 heteroatoms. The largest absolute Gasteiger partial charge is 0.507 e. The minimum absolute atomic E-state index is 0.0904. The Kier molecular flexibility index (Phi) is 8.13. The molecule has 0 bridgehead atoms. The van der Waals surface area contributed by atoms with Gasteiger partial charge in [0.25, 0.3) is 0 Å². The fourth-order valence-electron chi connectivity index (χ4n) is 4.39. The average Bonchev–Trinajstić information content (AvgIpc) is 2.70. The number of phenols is 1. The van der Waals surface area contributed by atoms with Crippen LogP contribution in [0.2, 0.25) is 0 Å². The molecule has 2 rings (SSSR count). The van der Waals surface area contributed by atoms with Crippen molar-refractivity contribution in [3.05, 3.63) is 70.3 Å². The molecular weight excluding hydrogens is 420 g/mol. The lowest BCUT2D eigenvalue weighted by atomic mass is 9.76. The van der Waals surface area contributed by atoms with Gasteiger partial charge in [-0.05, 0) is 51.0 Å². The van der Waals surface area contributed by atoms with Gasteiger partial charge in [-0.25, -0.2) is 4.79 Å².